The first kappa shape index (κ1) is 11.8. The van der Waals surface area contributed by atoms with Crippen molar-refractivity contribution >= 4 is 12.2 Å². The minimum Gasteiger partial charge on any atom is -0.461 e. The highest BCUT2D eigenvalue weighted by molar-refractivity contribution is 6.20. The number of rotatable bonds is 1. The molecule has 0 saturated carbocycles. The van der Waals surface area contributed by atoms with Gasteiger partial charge in [-0.25, -0.2) is 4.79 Å². The fourth-order valence-electron chi connectivity index (χ4n) is 0.540. The van der Waals surface area contributed by atoms with E-state index in [4.69, 9.17) is 15.0 Å². The molecule has 0 aromatic rings. The normalized spacial score (nSPS) is 14.5. The Morgan fingerprint density at radius 2 is 1.85 bits per heavy atom. The van der Waals surface area contributed by atoms with Gasteiger partial charge < -0.3 is 19.7 Å². The quantitative estimate of drug-likeness (QED) is 0.240. The zero-order valence-corrected chi connectivity index (χ0v) is 7.43. The number of hydrogen-bond acceptors (Lipinski definition) is 4. The van der Waals surface area contributed by atoms with Crippen LogP contribution < -0.4 is 0 Å². The molecule has 6 heteroatoms. The SMILES string of the molecule is C1COCCO1.COC(=O)C=[N+]=[N-]. The third-order valence-electron chi connectivity index (χ3n) is 1.11. The molecule has 0 aliphatic carbocycles. The van der Waals surface area contributed by atoms with Gasteiger partial charge in [-0.2, -0.15) is 4.79 Å². The summed E-state index contributed by atoms with van der Waals surface area (Å²) in [4.78, 5) is 12.3. The molecule has 0 aromatic heterocycles. The van der Waals surface area contributed by atoms with Gasteiger partial charge in [0.2, 0.25) is 0 Å². The molecule has 1 aliphatic rings. The van der Waals surface area contributed by atoms with Gasteiger partial charge in [0.1, 0.15) is 0 Å². The number of methoxy groups -OCH3 is 1. The van der Waals surface area contributed by atoms with Gasteiger partial charge >= 0.3 is 12.2 Å². The number of esters is 1. The minimum atomic E-state index is -0.664. The number of hydrogen-bond donors (Lipinski definition) is 0. The van der Waals surface area contributed by atoms with E-state index in [0.717, 1.165) is 26.4 Å². The van der Waals surface area contributed by atoms with Crippen LogP contribution in [0.5, 0.6) is 0 Å². The Hall–Kier alpha value is -1.23. The monoisotopic (exact) mass is 188 g/mol. The number of carbonyl (C=O) groups is 1. The van der Waals surface area contributed by atoms with Gasteiger partial charge in [0.05, 0.1) is 33.5 Å². The summed E-state index contributed by atoms with van der Waals surface area (Å²) in [5.41, 5.74) is 7.64. The van der Waals surface area contributed by atoms with Crippen LogP contribution in [0.4, 0.5) is 0 Å². The lowest BCUT2D eigenvalue weighted by Crippen LogP contribution is -2.16. The second kappa shape index (κ2) is 8.86. The number of ether oxygens (including phenoxy) is 3. The van der Waals surface area contributed by atoms with Crippen LogP contribution in [0.25, 0.3) is 5.53 Å². The predicted octanol–water partition coefficient (Wildman–Crippen LogP) is -0.507. The summed E-state index contributed by atoms with van der Waals surface area (Å²) in [6.45, 7) is 3.11. The summed E-state index contributed by atoms with van der Waals surface area (Å²) in [5.74, 6) is -0.664. The summed E-state index contributed by atoms with van der Waals surface area (Å²) in [6.07, 6.45) is 0.667. The molecule has 6 nitrogen and oxygen atoms in total. The van der Waals surface area contributed by atoms with Crippen molar-refractivity contribution in [3.05, 3.63) is 5.53 Å². The lowest BCUT2D eigenvalue weighted by atomic mass is 10.6. The van der Waals surface area contributed by atoms with E-state index in [1.807, 2.05) is 0 Å². The van der Waals surface area contributed by atoms with Crippen LogP contribution in [-0.2, 0) is 19.0 Å². The Morgan fingerprint density at radius 1 is 1.38 bits per heavy atom. The van der Waals surface area contributed by atoms with E-state index >= 15 is 0 Å². The largest absolute Gasteiger partial charge is 0.461 e. The van der Waals surface area contributed by atoms with Crippen molar-refractivity contribution < 1.29 is 23.8 Å². The molecule has 1 aliphatic heterocycles. The van der Waals surface area contributed by atoms with Crippen LogP contribution in [-0.4, -0.2) is 50.5 Å². The van der Waals surface area contributed by atoms with E-state index in [1.54, 1.807) is 0 Å². The molecule has 0 amide bonds. The first-order chi connectivity index (χ1) is 6.31. The van der Waals surface area contributed by atoms with Gasteiger partial charge in [-0.15, -0.1) is 0 Å². The second-order valence-corrected chi connectivity index (χ2v) is 1.99. The molecule has 1 heterocycles. The zero-order chi connectivity index (χ0) is 9.94. The average molecular weight is 188 g/mol. The van der Waals surface area contributed by atoms with Crippen molar-refractivity contribution in [3.63, 3.8) is 0 Å². The zero-order valence-electron chi connectivity index (χ0n) is 7.43. The Labute approximate surface area is 76.0 Å². The molecule has 1 rings (SSSR count). The Kier molecular flexibility index (Phi) is 8.02. The molecular weight excluding hydrogens is 176 g/mol. The van der Waals surface area contributed by atoms with Gasteiger partial charge in [-0.05, 0) is 0 Å². The first-order valence-electron chi connectivity index (χ1n) is 3.72. The van der Waals surface area contributed by atoms with Gasteiger partial charge in [-0.3, -0.25) is 0 Å². The molecule has 0 N–H and O–H groups in total. The Morgan fingerprint density at radius 3 is 2.00 bits per heavy atom. The molecule has 0 radical (unpaired) electrons. The van der Waals surface area contributed by atoms with E-state index in [2.05, 4.69) is 9.53 Å². The van der Waals surface area contributed by atoms with Crippen molar-refractivity contribution in [1.29, 1.82) is 0 Å². The van der Waals surface area contributed by atoms with Crippen molar-refractivity contribution in [2.45, 2.75) is 0 Å². The van der Waals surface area contributed by atoms with Crippen LogP contribution in [0.3, 0.4) is 0 Å². The molecule has 0 atom stereocenters. The first-order valence-corrected chi connectivity index (χ1v) is 3.72. The molecule has 0 spiro atoms. The van der Waals surface area contributed by atoms with Crippen molar-refractivity contribution in [2.24, 2.45) is 0 Å². The Balaban J connectivity index is 0.000000223. The van der Waals surface area contributed by atoms with Crippen LogP contribution in [0, 0.1) is 0 Å². The van der Waals surface area contributed by atoms with E-state index in [-0.39, 0.29) is 0 Å². The molecule has 1 saturated heterocycles. The standard InChI is InChI=1S/C4H8O2.C3H4N2O2/c1-2-6-4-3-5-1;1-7-3(6)2-5-4/h1-4H2;2H,1H3. The summed E-state index contributed by atoms with van der Waals surface area (Å²) in [5, 5.41) is 0. The molecule has 74 valence electrons. The Bertz CT molecular complexity index is 173. The maximum absolute atomic E-state index is 9.88. The van der Waals surface area contributed by atoms with E-state index in [9.17, 15) is 4.79 Å². The van der Waals surface area contributed by atoms with Crippen molar-refractivity contribution in [1.82, 2.24) is 0 Å². The molecule has 13 heavy (non-hydrogen) atoms. The topological polar surface area (TPSA) is 81.2 Å². The second-order valence-electron chi connectivity index (χ2n) is 1.99. The third kappa shape index (κ3) is 8.68. The molecule has 0 aromatic carbocycles. The van der Waals surface area contributed by atoms with Crippen molar-refractivity contribution in [2.75, 3.05) is 33.5 Å². The van der Waals surface area contributed by atoms with E-state index in [0.29, 0.717) is 6.21 Å². The summed E-state index contributed by atoms with van der Waals surface area (Å²) < 4.78 is 13.9. The van der Waals surface area contributed by atoms with Crippen LogP contribution >= 0.6 is 0 Å². The van der Waals surface area contributed by atoms with E-state index in [1.165, 1.54) is 7.11 Å². The van der Waals surface area contributed by atoms with Crippen LogP contribution in [0.15, 0.2) is 0 Å². The highest BCUT2D eigenvalue weighted by Crippen LogP contribution is 1.85. The van der Waals surface area contributed by atoms with Gasteiger partial charge in [0.25, 0.3) is 0 Å². The molecule has 0 unspecified atom stereocenters. The molecule has 0 bridgehead atoms. The molecular formula is C7H12N2O4. The fraction of sp³-hybridized carbons (Fsp3) is 0.714. The van der Waals surface area contributed by atoms with Gasteiger partial charge in [0.15, 0.2) is 0 Å². The van der Waals surface area contributed by atoms with Crippen molar-refractivity contribution in [3.8, 4) is 0 Å². The maximum atomic E-state index is 9.88. The lowest BCUT2D eigenvalue weighted by Gasteiger charge is -2.09. The van der Waals surface area contributed by atoms with Gasteiger partial charge in [0, 0.05) is 0 Å². The fourth-order valence-corrected chi connectivity index (χ4v) is 0.540. The summed E-state index contributed by atoms with van der Waals surface area (Å²) >= 11 is 0. The smallest absolute Gasteiger partial charge is 0.413 e. The molecule has 1 fully saturated rings. The lowest BCUT2D eigenvalue weighted by molar-refractivity contribution is -0.136. The highest BCUT2D eigenvalue weighted by Gasteiger charge is 1.95. The third-order valence-corrected chi connectivity index (χ3v) is 1.11. The average Bonchev–Trinajstić information content (AvgIpc) is 2.22. The predicted molar refractivity (Wildman–Crippen MR) is 43.3 cm³/mol. The highest BCUT2D eigenvalue weighted by atomic mass is 16.6. The number of carbonyl (C=O) groups excluding carboxylic acids is 1. The summed E-state index contributed by atoms with van der Waals surface area (Å²) in [7, 11) is 1.20. The van der Waals surface area contributed by atoms with Gasteiger partial charge in [-0.1, -0.05) is 0 Å². The number of nitrogens with zero attached hydrogens (tertiary/aromatic N) is 2. The summed E-state index contributed by atoms with van der Waals surface area (Å²) in [6, 6.07) is 0. The van der Waals surface area contributed by atoms with Crippen LogP contribution in [0.1, 0.15) is 0 Å². The van der Waals surface area contributed by atoms with Crippen LogP contribution in [0.2, 0.25) is 0 Å². The minimum absolute atomic E-state index is 0.664. The van der Waals surface area contributed by atoms with E-state index < -0.39 is 5.97 Å². The maximum Gasteiger partial charge on any atom is 0.413 e.